The van der Waals surface area contributed by atoms with Crippen LogP contribution < -0.4 is 10.2 Å². The molecular formula is C16H16ClFN4O2. The molecule has 1 fully saturated rings. The highest BCUT2D eigenvalue weighted by atomic mass is 35.5. The van der Waals surface area contributed by atoms with E-state index in [1.165, 1.54) is 24.5 Å². The highest BCUT2D eigenvalue weighted by molar-refractivity contribution is 6.31. The van der Waals surface area contributed by atoms with Crippen molar-refractivity contribution in [1.29, 1.82) is 0 Å². The quantitative estimate of drug-likeness (QED) is 0.916. The summed E-state index contributed by atoms with van der Waals surface area (Å²) in [6, 6.07) is 4.32. The second-order valence-electron chi connectivity index (χ2n) is 5.30. The van der Waals surface area contributed by atoms with E-state index in [2.05, 4.69) is 15.3 Å². The minimum Gasteiger partial charge on any atom is -0.378 e. The molecule has 0 bridgehead atoms. The van der Waals surface area contributed by atoms with Crippen LogP contribution in [0.4, 0.5) is 16.0 Å². The van der Waals surface area contributed by atoms with E-state index in [9.17, 15) is 9.18 Å². The number of halogens is 2. The Kier molecular flexibility index (Phi) is 5.22. The fourth-order valence-electron chi connectivity index (χ4n) is 2.38. The lowest BCUT2D eigenvalue weighted by atomic mass is 10.1. The first-order chi connectivity index (χ1) is 11.6. The lowest BCUT2D eigenvalue weighted by Gasteiger charge is -2.26. The summed E-state index contributed by atoms with van der Waals surface area (Å²) in [5.74, 6) is -0.297. The van der Waals surface area contributed by atoms with E-state index < -0.39 is 5.82 Å². The van der Waals surface area contributed by atoms with Crippen LogP contribution in [0, 0.1) is 5.82 Å². The maximum absolute atomic E-state index is 13.7. The monoisotopic (exact) mass is 350 g/mol. The standard InChI is InChI=1S/C16H16ClFN4O2/c17-13-2-1-3-14(18)12(13)8-15(23)21-11-9-19-16(20-10-11)22-4-6-24-7-5-22/h1-3,9-10H,4-8H2,(H,21,23). The zero-order valence-electron chi connectivity index (χ0n) is 12.8. The van der Waals surface area contributed by atoms with Crippen molar-refractivity contribution in [2.75, 3.05) is 36.5 Å². The van der Waals surface area contributed by atoms with E-state index in [1.807, 2.05) is 4.90 Å². The number of anilines is 2. The maximum Gasteiger partial charge on any atom is 0.229 e. The Balaban J connectivity index is 1.62. The third-order valence-electron chi connectivity index (χ3n) is 3.61. The molecule has 0 unspecified atom stereocenters. The van der Waals surface area contributed by atoms with Crippen LogP contribution in [0.15, 0.2) is 30.6 Å². The van der Waals surface area contributed by atoms with Crippen molar-refractivity contribution in [3.63, 3.8) is 0 Å². The number of aromatic nitrogens is 2. The summed E-state index contributed by atoms with van der Waals surface area (Å²) in [6.07, 6.45) is 2.90. The molecule has 126 valence electrons. The molecule has 2 heterocycles. The summed E-state index contributed by atoms with van der Waals surface area (Å²) in [7, 11) is 0. The first-order valence-electron chi connectivity index (χ1n) is 7.51. The molecule has 8 heteroatoms. The van der Waals surface area contributed by atoms with Gasteiger partial charge in [0.05, 0.1) is 37.7 Å². The predicted octanol–water partition coefficient (Wildman–Crippen LogP) is 2.29. The van der Waals surface area contributed by atoms with E-state index in [0.717, 1.165) is 13.1 Å². The van der Waals surface area contributed by atoms with E-state index in [4.69, 9.17) is 16.3 Å². The Morgan fingerprint density at radius 3 is 2.67 bits per heavy atom. The molecule has 0 atom stereocenters. The average Bonchev–Trinajstić information content (AvgIpc) is 2.60. The summed E-state index contributed by atoms with van der Waals surface area (Å²) >= 11 is 5.92. The van der Waals surface area contributed by atoms with Crippen LogP contribution in [0.3, 0.4) is 0 Å². The first kappa shape index (κ1) is 16.6. The number of rotatable bonds is 4. The molecule has 1 amide bonds. The number of benzene rings is 1. The van der Waals surface area contributed by atoms with Gasteiger partial charge >= 0.3 is 0 Å². The molecule has 1 aromatic carbocycles. The number of amides is 1. The van der Waals surface area contributed by atoms with Crippen LogP contribution in [0.25, 0.3) is 0 Å². The fourth-order valence-corrected chi connectivity index (χ4v) is 2.61. The van der Waals surface area contributed by atoms with E-state index in [1.54, 1.807) is 6.07 Å². The van der Waals surface area contributed by atoms with Gasteiger partial charge in [0, 0.05) is 23.7 Å². The molecule has 1 N–H and O–H groups in total. The molecule has 6 nitrogen and oxygen atoms in total. The molecule has 3 rings (SSSR count). The number of hydrogen-bond donors (Lipinski definition) is 1. The Labute approximate surface area is 143 Å². The highest BCUT2D eigenvalue weighted by Crippen LogP contribution is 2.20. The maximum atomic E-state index is 13.7. The summed E-state index contributed by atoms with van der Waals surface area (Å²) in [5.41, 5.74) is 0.618. The summed E-state index contributed by atoms with van der Waals surface area (Å²) in [4.78, 5) is 22.5. The normalized spacial score (nSPS) is 14.5. The Bertz CT molecular complexity index is 700. The molecule has 2 aromatic rings. The number of hydrogen-bond acceptors (Lipinski definition) is 5. The number of nitrogens with zero attached hydrogens (tertiary/aromatic N) is 3. The van der Waals surface area contributed by atoms with Gasteiger partial charge in [-0.15, -0.1) is 0 Å². The molecule has 0 saturated carbocycles. The number of carbonyl (C=O) groups excluding carboxylic acids is 1. The first-order valence-corrected chi connectivity index (χ1v) is 7.89. The van der Waals surface area contributed by atoms with Crippen molar-refractivity contribution in [2.24, 2.45) is 0 Å². The minimum absolute atomic E-state index is 0.156. The van der Waals surface area contributed by atoms with Crippen molar-refractivity contribution in [3.05, 3.63) is 47.0 Å². The Morgan fingerprint density at radius 1 is 1.29 bits per heavy atom. The van der Waals surface area contributed by atoms with Crippen molar-refractivity contribution in [2.45, 2.75) is 6.42 Å². The van der Waals surface area contributed by atoms with Gasteiger partial charge in [-0.3, -0.25) is 4.79 Å². The molecular weight excluding hydrogens is 335 g/mol. The van der Waals surface area contributed by atoms with Crippen LogP contribution in [-0.2, 0) is 16.0 Å². The van der Waals surface area contributed by atoms with Crippen LogP contribution >= 0.6 is 11.6 Å². The highest BCUT2D eigenvalue weighted by Gasteiger charge is 2.15. The van der Waals surface area contributed by atoms with E-state index in [-0.39, 0.29) is 22.9 Å². The zero-order chi connectivity index (χ0) is 16.9. The molecule has 0 radical (unpaired) electrons. The van der Waals surface area contributed by atoms with Crippen molar-refractivity contribution in [1.82, 2.24) is 9.97 Å². The number of carbonyl (C=O) groups is 1. The van der Waals surface area contributed by atoms with Gasteiger partial charge in [0.25, 0.3) is 0 Å². The number of nitrogens with one attached hydrogen (secondary N) is 1. The topological polar surface area (TPSA) is 67.4 Å². The van der Waals surface area contributed by atoms with Gasteiger partial charge < -0.3 is 15.0 Å². The Hall–Kier alpha value is -2.25. The van der Waals surface area contributed by atoms with Gasteiger partial charge in [0.1, 0.15) is 5.82 Å². The molecule has 1 aliphatic rings. The summed E-state index contributed by atoms with van der Waals surface area (Å²) in [5, 5.41) is 2.87. The van der Waals surface area contributed by atoms with Crippen molar-refractivity contribution >= 4 is 29.1 Å². The van der Waals surface area contributed by atoms with Gasteiger partial charge in [-0.05, 0) is 12.1 Å². The molecule has 1 aromatic heterocycles. The number of ether oxygens (including phenoxy) is 1. The lowest BCUT2D eigenvalue weighted by molar-refractivity contribution is -0.115. The summed E-state index contributed by atoms with van der Waals surface area (Å²) < 4.78 is 19.0. The van der Waals surface area contributed by atoms with Crippen LogP contribution in [0.2, 0.25) is 5.02 Å². The van der Waals surface area contributed by atoms with Crippen molar-refractivity contribution in [3.8, 4) is 0 Å². The smallest absolute Gasteiger partial charge is 0.229 e. The van der Waals surface area contributed by atoms with Crippen LogP contribution in [-0.4, -0.2) is 42.2 Å². The second kappa shape index (κ2) is 7.55. The lowest BCUT2D eigenvalue weighted by Crippen LogP contribution is -2.37. The van der Waals surface area contributed by atoms with Crippen LogP contribution in [0.5, 0.6) is 0 Å². The SMILES string of the molecule is O=C(Cc1c(F)cccc1Cl)Nc1cnc(N2CCOCC2)nc1. The average molecular weight is 351 g/mol. The van der Waals surface area contributed by atoms with Gasteiger partial charge in [0.15, 0.2) is 0 Å². The molecule has 0 aliphatic carbocycles. The Morgan fingerprint density at radius 2 is 2.00 bits per heavy atom. The molecule has 0 spiro atoms. The third kappa shape index (κ3) is 3.98. The second-order valence-corrected chi connectivity index (χ2v) is 5.70. The zero-order valence-corrected chi connectivity index (χ0v) is 13.6. The number of morpholine rings is 1. The van der Waals surface area contributed by atoms with Gasteiger partial charge in [-0.2, -0.15) is 0 Å². The molecule has 1 saturated heterocycles. The third-order valence-corrected chi connectivity index (χ3v) is 3.97. The van der Waals surface area contributed by atoms with E-state index in [0.29, 0.717) is 24.8 Å². The van der Waals surface area contributed by atoms with Gasteiger partial charge in [-0.1, -0.05) is 17.7 Å². The minimum atomic E-state index is -0.503. The fraction of sp³-hybridized carbons (Fsp3) is 0.312. The molecule has 1 aliphatic heterocycles. The van der Waals surface area contributed by atoms with E-state index >= 15 is 0 Å². The van der Waals surface area contributed by atoms with Crippen molar-refractivity contribution < 1.29 is 13.9 Å². The molecule has 24 heavy (non-hydrogen) atoms. The van der Waals surface area contributed by atoms with Gasteiger partial charge in [0.2, 0.25) is 11.9 Å². The van der Waals surface area contributed by atoms with Gasteiger partial charge in [-0.25, -0.2) is 14.4 Å². The van der Waals surface area contributed by atoms with Crippen LogP contribution in [0.1, 0.15) is 5.56 Å². The predicted molar refractivity (Wildman–Crippen MR) is 88.8 cm³/mol. The summed E-state index contributed by atoms with van der Waals surface area (Å²) in [6.45, 7) is 2.76. The largest absolute Gasteiger partial charge is 0.378 e.